The summed E-state index contributed by atoms with van der Waals surface area (Å²) in [6.45, 7) is 5.47. The Bertz CT molecular complexity index is 656. The first kappa shape index (κ1) is 15.7. The summed E-state index contributed by atoms with van der Waals surface area (Å²) >= 11 is 10.9. The number of aromatic nitrogens is 2. The third-order valence-electron chi connectivity index (χ3n) is 3.12. The van der Waals surface area contributed by atoms with Crippen molar-refractivity contribution in [3.05, 3.63) is 46.5 Å². The van der Waals surface area contributed by atoms with Gasteiger partial charge in [0.15, 0.2) is 5.11 Å². The molecule has 0 aliphatic carbocycles. The summed E-state index contributed by atoms with van der Waals surface area (Å²) in [7, 11) is 0. The predicted octanol–water partition coefficient (Wildman–Crippen LogP) is 3.49. The summed E-state index contributed by atoms with van der Waals surface area (Å²) in [5.74, 6) is -0.455. The Morgan fingerprint density at radius 2 is 2.24 bits per heavy atom. The minimum Gasteiger partial charge on any atom is -0.358 e. The van der Waals surface area contributed by atoms with Gasteiger partial charge >= 0.3 is 0 Å². The molecule has 0 fully saturated rings. The molecule has 0 unspecified atom stereocenters. The molecule has 0 spiro atoms. The molecule has 0 atom stereocenters. The number of anilines is 1. The molecule has 0 saturated heterocycles. The van der Waals surface area contributed by atoms with E-state index in [0.29, 0.717) is 17.3 Å². The van der Waals surface area contributed by atoms with E-state index < -0.39 is 5.82 Å². The van der Waals surface area contributed by atoms with Crippen molar-refractivity contribution >= 4 is 34.6 Å². The third-order valence-corrected chi connectivity index (χ3v) is 3.66. The molecule has 112 valence electrons. The van der Waals surface area contributed by atoms with E-state index >= 15 is 0 Å². The standard InChI is InChI=1S/C14H16ClFN4S/c1-3-20-9(2)10(8-18-20)7-17-14(21)19-11-4-5-13(16)12(15)6-11/h4-6,8H,3,7H2,1-2H3,(H2,17,19,21). The van der Waals surface area contributed by atoms with Crippen LogP contribution >= 0.6 is 23.8 Å². The Balaban J connectivity index is 1.92. The molecule has 0 aliphatic rings. The minimum atomic E-state index is -0.455. The maximum atomic E-state index is 13.1. The molecule has 2 rings (SSSR count). The molecule has 0 bridgehead atoms. The third kappa shape index (κ3) is 3.92. The largest absolute Gasteiger partial charge is 0.358 e. The molecule has 21 heavy (non-hydrogen) atoms. The van der Waals surface area contributed by atoms with Gasteiger partial charge in [0.2, 0.25) is 0 Å². The predicted molar refractivity (Wildman–Crippen MR) is 87.1 cm³/mol. The molecule has 0 aliphatic heterocycles. The highest BCUT2D eigenvalue weighted by molar-refractivity contribution is 7.80. The van der Waals surface area contributed by atoms with Crippen molar-refractivity contribution < 1.29 is 4.39 Å². The van der Waals surface area contributed by atoms with Gasteiger partial charge in [-0.2, -0.15) is 5.10 Å². The molecular weight excluding hydrogens is 311 g/mol. The van der Waals surface area contributed by atoms with Gasteiger partial charge in [-0.3, -0.25) is 4.68 Å². The van der Waals surface area contributed by atoms with Crippen LogP contribution in [0.25, 0.3) is 0 Å². The first-order chi connectivity index (χ1) is 10.0. The maximum absolute atomic E-state index is 13.1. The summed E-state index contributed by atoms with van der Waals surface area (Å²) in [5, 5.41) is 10.8. The number of nitrogens with zero attached hydrogens (tertiary/aromatic N) is 2. The zero-order valence-electron chi connectivity index (χ0n) is 11.8. The van der Waals surface area contributed by atoms with E-state index in [-0.39, 0.29) is 5.02 Å². The molecule has 1 heterocycles. The quantitative estimate of drug-likeness (QED) is 0.844. The summed E-state index contributed by atoms with van der Waals surface area (Å²) in [5.41, 5.74) is 2.83. The highest BCUT2D eigenvalue weighted by atomic mass is 35.5. The van der Waals surface area contributed by atoms with Gasteiger partial charge in [0.1, 0.15) is 5.82 Å². The second-order valence-electron chi connectivity index (χ2n) is 4.51. The average molecular weight is 327 g/mol. The van der Waals surface area contributed by atoms with Gasteiger partial charge < -0.3 is 10.6 Å². The van der Waals surface area contributed by atoms with Crippen molar-refractivity contribution in [2.75, 3.05) is 5.32 Å². The van der Waals surface area contributed by atoms with Crippen LogP contribution in [0.4, 0.5) is 10.1 Å². The van der Waals surface area contributed by atoms with Crippen molar-refractivity contribution in [1.82, 2.24) is 15.1 Å². The Labute approximate surface area is 133 Å². The lowest BCUT2D eigenvalue weighted by Gasteiger charge is -2.11. The zero-order valence-corrected chi connectivity index (χ0v) is 13.4. The lowest BCUT2D eigenvalue weighted by molar-refractivity contribution is 0.628. The summed E-state index contributed by atoms with van der Waals surface area (Å²) in [6, 6.07) is 4.36. The van der Waals surface area contributed by atoms with Crippen LogP contribution in [0.3, 0.4) is 0 Å². The number of benzene rings is 1. The van der Waals surface area contributed by atoms with Crippen molar-refractivity contribution in [1.29, 1.82) is 0 Å². The molecule has 1 aromatic carbocycles. The second-order valence-corrected chi connectivity index (χ2v) is 5.32. The van der Waals surface area contributed by atoms with Crippen molar-refractivity contribution in [2.24, 2.45) is 0 Å². The molecule has 2 aromatic rings. The van der Waals surface area contributed by atoms with Crippen LogP contribution in [-0.2, 0) is 13.1 Å². The first-order valence-corrected chi connectivity index (χ1v) is 7.31. The lowest BCUT2D eigenvalue weighted by atomic mass is 10.2. The van der Waals surface area contributed by atoms with Crippen LogP contribution in [0.5, 0.6) is 0 Å². The maximum Gasteiger partial charge on any atom is 0.171 e. The second kappa shape index (κ2) is 6.87. The van der Waals surface area contributed by atoms with Gasteiger partial charge in [0.25, 0.3) is 0 Å². The normalized spacial score (nSPS) is 10.5. The number of hydrogen-bond donors (Lipinski definition) is 2. The summed E-state index contributed by atoms with van der Waals surface area (Å²) in [4.78, 5) is 0. The molecule has 0 amide bonds. The van der Waals surface area contributed by atoms with Gasteiger partial charge in [-0.1, -0.05) is 11.6 Å². The Kier molecular flexibility index (Phi) is 5.14. The minimum absolute atomic E-state index is 0.0582. The van der Waals surface area contributed by atoms with Crippen LogP contribution in [0.15, 0.2) is 24.4 Å². The number of halogens is 2. The number of hydrogen-bond acceptors (Lipinski definition) is 2. The molecular formula is C14H16ClFN4S. The number of rotatable bonds is 4. The van der Waals surface area contributed by atoms with Crippen LogP contribution in [0.2, 0.25) is 5.02 Å². The van der Waals surface area contributed by atoms with E-state index in [2.05, 4.69) is 15.7 Å². The summed E-state index contributed by atoms with van der Waals surface area (Å²) in [6.07, 6.45) is 1.82. The molecule has 0 radical (unpaired) electrons. The van der Waals surface area contributed by atoms with Crippen LogP contribution in [0.1, 0.15) is 18.2 Å². The van der Waals surface area contributed by atoms with Gasteiger partial charge in [-0.25, -0.2) is 4.39 Å². The lowest BCUT2D eigenvalue weighted by Crippen LogP contribution is -2.28. The van der Waals surface area contributed by atoms with E-state index in [1.165, 1.54) is 12.1 Å². The fourth-order valence-electron chi connectivity index (χ4n) is 1.90. The van der Waals surface area contributed by atoms with Gasteiger partial charge in [-0.15, -0.1) is 0 Å². The van der Waals surface area contributed by atoms with Crippen molar-refractivity contribution in [2.45, 2.75) is 26.9 Å². The smallest absolute Gasteiger partial charge is 0.171 e. The Morgan fingerprint density at radius 3 is 2.86 bits per heavy atom. The SMILES string of the molecule is CCn1ncc(CNC(=S)Nc2ccc(F)c(Cl)c2)c1C. The molecule has 1 aromatic heterocycles. The van der Waals surface area contributed by atoms with Gasteiger partial charge in [0, 0.05) is 30.0 Å². The number of thiocarbonyl (C=S) groups is 1. The van der Waals surface area contributed by atoms with Crippen molar-refractivity contribution in [3.8, 4) is 0 Å². The summed E-state index contributed by atoms with van der Waals surface area (Å²) < 4.78 is 15.0. The molecule has 0 saturated carbocycles. The van der Waals surface area contributed by atoms with E-state index in [1.54, 1.807) is 6.07 Å². The van der Waals surface area contributed by atoms with E-state index in [1.807, 2.05) is 24.7 Å². The van der Waals surface area contributed by atoms with Crippen LogP contribution in [0, 0.1) is 12.7 Å². The number of aryl methyl sites for hydroxylation is 1. The Morgan fingerprint density at radius 1 is 1.48 bits per heavy atom. The van der Waals surface area contributed by atoms with E-state index in [4.69, 9.17) is 23.8 Å². The fourth-order valence-corrected chi connectivity index (χ4v) is 2.27. The van der Waals surface area contributed by atoms with Crippen molar-refractivity contribution in [3.63, 3.8) is 0 Å². The highest BCUT2D eigenvalue weighted by Crippen LogP contribution is 2.19. The number of nitrogens with one attached hydrogen (secondary N) is 2. The fraction of sp³-hybridized carbons (Fsp3) is 0.286. The molecule has 4 nitrogen and oxygen atoms in total. The molecule has 2 N–H and O–H groups in total. The highest BCUT2D eigenvalue weighted by Gasteiger charge is 2.06. The zero-order chi connectivity index (χ0) is 15.4. The van der Waals surface area contributed by atoms with Crippen LogP contribution in [-0.4, -0.2) is 14.9 Å². The topological polar surface area (TPSA) is 41.9 Å². The molecule has 7 heteroatoms. The average Bonchev–Trinajstić information content (AvgIpc) is 2.81. The van der Waals surface area contributed by atoms with E-state index in [0.717, 1.165) is 17.8 Å². The van der Waals surface area contributed by atoms with Gasteiger partial charge in [-0.05, 0) is 44.3 Å². The van der Waals surface area contributed by atoms with Gasteiger partial charge in [0.05, 0.1) is 11.2 Å². The first-order valence-electron chi connectivity index (χ1n) is 6.52. The Hall–Kier alpha value is -1.66. The van der Waals surface area contributed by atoms with Crippen LogP contribution < -0.4 is 10.6 Å². The monoisotopic (exact) mass is 326 g/mol. The van der Waals surface area contributed by atoms with E-state index in [9.17, 15) is 4.39 Å².